The summed E-state index contributed by atoms with van der Waals surface area (Å²) in [5.74, 6) is 0.562. The van der Waals surface area contributed by atoms with Crippen LogP contribution in [0.3, 0.4) is 0 Å². The van der Waals surface area contributed by atoms with Gasteiger partial charge in [0.05, 0.1) is 0 Å². The van der Waals surface area contributed by atoms with Crippen LogP contribution >= 0.6 is 0 Å². The summed E-state index contributed by atoms with van der Waals surface area (Å²) in [4.78, 5) is 11.3. The summed E-state index contributed by atoms with van der Waals surface area (Å²) in [5, 5.41) is 2.66. The molecule has 98 valence electrons. The van der Waals surface area contributed by atoms with Crippen molar-refractivity contribution in [2.24, 2.45) is 0 Å². The lowest BCUT2D eigenvalue weighted by Gasteiger charge is -2.19. The average Bonchev–Trinajstić information content (AvgIpc) is 2.33. The average molecular weight is 247 g/mol. The molecule has 0 aliphatic heterocycles. The summed E-state index contributed by atoms with van der Waals surface area (Å²) in [6, 6.07) is 7.83. The van der Waals surface area contributed by atoms with Crippen LogP contribution in [0.4, 0.5) is 0 Å². The zero-order valence-electron chi connectivity index (χ0n) is 11.3. The summed E-state index contributed by atoms with van der Waals surface area (Å²) in [5.41, 5.74) is 1.37. The van der Waals surface area contributed by atoms with Gasteiger partial charge < -0.3 is 10.1 Å². The molecule has 0 aromatic heterocycles. The number of rotatable bonds is 5. The monoisotopic (exact) mass is 247 g/mol. The summed E-state index contributed by atoms with van der Waals surface area (Å²) in [7, 11) is 0. The predicted octanol–water partition coefficient (Wildman–Crippen LogP) is 2.67. The van der Waals surface area contributed by atoms with E-state index in [0.29, 0.717) is 12.3 Å². The fraction of sp³-hybridized carbons (Fsp3) is 0.400. The number of amides is 1. The Kier molecular flexibility index (Phi) is 4.95. The largest absolute Gasteiger partial charge is 0.484 e. The second kappa shape index (κ2) is 6.24. The van der Waals surface area contributed by atoms with Crippen LogP contribution in [0.1, 0.15) is 26.3 Å². The molecule has 0 radical (unpaired) electrons. The lowest BCUT2D eigenvalue weighted by atomic mass is 9.87. The molecule has 0 aliphatic carbocycles. The van der Waals surface area contributed by atoms with Crippen LogP contribution in [0.2, 0.25) is 0 Å². The molecule has 0 aliphatic rings. The number of carbonyl (C=O) groups excluding carboxylic acids is 1. The molecule has 0 spiro atoms. The van der Waals surface area contributed by atoms with E-state index in [9.17, 15) is 4.79 Å². The van der Waals surface area contributed by atoms with E-state index < -0.39 is 0 Å². The first-order chi connectivity index (χ1) is 8.43. The van der Waals surface area contributed by atoms with Gasteiger partial charge in [0.2, 0.25) is 0 Å². The Morgan fingerprint density at radius 3 is 2.44 bits per heavy atom. The number of carbonyl (C=O) groups is 1. The van der Waals surface area contributed by atoms with Crippen molar-refractivity contribution in [1.82, 2.24) is 5.32 Å². The molecule has 1 aromatic carbocycles. The lowest BCUT2D eigenvalue weighted by Crippen LogP contribution is -2.28. The van der Waals surface area contributed by atoms with Crippen molar-refractivity contribution >= 4 is 5.91 Å². The highest BCUT2D eigenvalue weighted by molar-refractivity contribution is 5.77. The second-order valence-electron chi connectivity index (χ2n) is 5.16. The van der Waals surface area contributed by atoms with E-state index in [4.69, 9.17) is 4.74 Å². The molecule has 3 nitrogen and oxygen atoms in total. The maximum atomic E-state index is 11.3. The molecular formula is C15H21NO2. The fourth-order valence-corrected chi connectivity index (χ4v) is 1.44. The minimum Gasteiger partial charge on any atom is -0.484 e. The summed E-state index contributed by atoms with van der Waals surface area (Å²) in [6.07, 6.45) is 1.63. The van der Waals surface area contributed by atoms with Gasteiger partial charge in [-0.1, -0.05) is 39.0 Å². The maximum Gasteiger partial charge on any atom is 0.258 e. The number of ether oxygens (including phenoxy) is 1. The Labute approximate surface area is 109 Å². The number of benzene rings is 1. The minimum atomic E-state index is -0.144. The van der Waals surface area contributed by atoms with Crippen LogP contribution in [0.5, 0.6) is 5.75 Å². The maximum absolute atomic E-state index is 11.3. The molecule has 1 aromatic rings. The van der Waals surface area contributed by atoms with Gasteiger partial charge in [-0.2, -0.15) is 0 Å². The van der Waals surface area contributed by atoms with Crippen molar-refractivity contribution < 1.29 is 9.53 Å². The Morgan fingerprint density at radius 1 is 1.33 bits per heavy atom. The third-order valence-electron chi connectivity index (χ3n) is 2.53. The van der Waals surface area contributed by atoms with E-state index in [2.05, 4.69) is 32.7 Å². The molecule has 1 rings (SSSR count). The molecule has 0 saturated carbocycles. The van der Waals surface area contributed by atoms with Crippen LogP contribution in [0.15, 0.2) is 36.9 Å². The smallest absolute Gasteiger partial charge is 0.258 e. The standard InChI is InChI=1S/C15H21NO2/c1-5-10-16-14(17)11-18-13-8-6-12(7-9-13)15(2,3)4/h5-9H,1,10-11H2,2-4H3,(H,16,17). The highest BCUT2D eigenvalue weighted by Gasteiger charge is 2.13. The second-order valence-corrected chi connectivity index (χ2v) is 5.16. The van der Waals surface area contributed by atoms with Gasteiger partial charge >= 0.3 is 0 Å². The molecule has 0 unspecified atom stereocenters. The van der Waals surface area contributed by atoms with E-state index in [-0.39, 0.29) is 17.9 Å². The quantitative estimate of drug-likeness (QED) is 0.812. The van der Waals surface area contributed by atoms with Crippen molar-refractivity contribution in [3.63, 3.8) is 0 Å². The summed E-state index contributed by atoms with van der Waals surface area (Å²) >= 11 is 0. The first kappa shape index (κ1) is 14.3. The number of nitrogens with one attached hydrogen (secondary N) is 1. The van der Waals surface area contributed by atoms with Crippen LogP contribution in [-0.2, 0) is 10.2 Å². The molecular weight excluding hydrogens is 226 g/mol. The van der Waals surface area contributed by atoms with Crippen LogP contribution < -0.4 is 10.1 Å². The lowest BCUT2D eigenvalue weighted by molar-refractivity contribution is -0.122. The van der Waals surface area contributed by atoms with Gasteiger partial charge in [-0.05, 0) is 23.1 Å². The van der Waals surface area contributed by atoms with Crippen molar-refractivity contribution in [2.45, 2.75) is 26.2 Å². The Morgan fingerprint density at radius 2 is 1.94 bits per heavy atom. The zero-order chi connectivity index (χ0) is 13.6. The SMILES string of the molecule is C=CCNC(=O)COc1ccc(C(C)(C)C)cc1. The molecule has 0 saturated heterocycles. The van der Waals surface area contributed by atoms with E-state index in [1.807, 2.05) is 24.3 Å². The molecule has 3 heteroatoms. The van der Waals surface area contributed by atoms with Crippen LogP contribution in [0, 0.1) is 0 Å². The predicted molar refractivity (Wildman–Crippen MR) is 73.8 cm³/mol. The van der Waals surface area contributed by atoms with Crippen LogP contribution in [-0.4, -0.2) is 19.1 Å². The zero-order valence-corrected chi connectivity index (χ0v) is 11.3. The third kappa shape index (κ3) is 4.62. The van der Waals surface area contributed by atoms with Crippen molar-refractivity contribution in [2.75, 3.05) is 13.2 Å². The van der Waals surface area contributed by atoms with Gasteiger partial charge in [-0.3, -0.25) is 4.79 Å². The Balaban J connectivity index is 2.49. The highest BCUT2D eigenvalue weighted by Crippen LogP contribution is 2.24. The van der Waals surface area contributed by atoms with Gasteiger partial charge in [0.25, 0.3) is 5.91 Å². The molecule has 0 atom stereocenters. The van der Waals surface area contributed by atoms with Crippen LogP contribution in [0.25, 0.3) is 0 Å². The number of hydrogen-bond donors (Lipinski definition) is 1. The molecule has 0 fully saturated rings. The minimum absolute atomic E-state index is 0.0305. The summed E-state index contributed by atoms with van der Waals surface area (Å²) in [6.45, 7) is 10.5. The molecule has 1 amide bonds. The van der Waals surface area contributed by atoms with Crippen molar-refractivity contribution in [3.05, 3.63) is 42.5 Å². The van der Waals surface area contributed by atoms with E-state index in [1.165, 1.54) is 5.56 Å². The van der Waals surface area contributed by atoms with E-state index >= 15 is 0 Å². The summed E-state index contributed by atoms with van der Waals surface area (Å²) < 4.78 is 5.39. The number of hydrogen-bond acceptors (Lipinski definition) is 2. The van der Waals surface area contributed by atoms with E-state index in [0.717, 1.165) is 0 Å². The first-order valence-corrected chi connectivity index (χ1v) is 6.04. The van der Waals surface area contributed by atoms with Gasteiger partial charge in [0.1, 0.15) is 5.75 Å². The first-order valence-electron chi connectivity index (χ1n) is 6.04. The van der Waals surface area contributed by atoms with Gasteiger partial charge in [-0.25, -0.2) is 0 Å². The fourth-order valence-electron chi connectivity index (χ4n) is 1.44. The van der Waals surface area contributed by atoms with Gasteiger partial charge in [0, 0.05) is 6.54 Å². The van der Waals surface area contributed by atoms with Gasteiger partial charge in [0.15, 0.2) is 6.61 Å². The topological polar surface area (TPSA) is 38.3 Å². The van der Waals surface area contributed by atoms with Gasteiger partial charge in [-0.15, -0.1) is 6.58 Å². The molecule has 18 heavy (non-hydrogen) atoms. The van der Waals surface area contributed by atoms with Crippen molar-refractivity contribution in [1.29, 1.82) is 0 Å². The highest BCUT2D eigenvalue weighted by atomic mass is 16.5. The molecule has 1 N–H and O–H groups in total. The Hall–Kier alpha value is -1.77. The van der Waals surface area contributed by atoms with Crippen molar-refractivity contribution in [3.8, 4) is 5.75 Å². The molecule has 0 heterocycles. The molecule has 0 bridgehead atoms. The third-order valence-corrected chi connectivity index (χ3v) is 2.53. The Bertz CT molecular complexity index is 401. The normalized spacial score (nSPS) is 10.8. The van der Waals surface area contributed by atoms with E-state index in [1.54, 1.807) is 6.08 Å².